The summed E-state index contributed by atoms with van der Waals surface area (Å²) < 4.78 is 16.3. The first-order chi connectivity index (χ1) is 13.3. The maximum absolute atomic E-state index is 14.6. The molecule has 1 aromatic carbocycles. The topological polar surface area (TPSA) is 57.5 Å². The van der Waals surface area contributed by atoms with Crippen molar-refractivity contribution >= 4 is 11.5 Å². The van der Waals surface area contributed by atoms with Crippen LogP contribution < -0.4 is 10.6 Å². The average molecular weight is 366 g/mol. The van der Waals surface area contributed by atoms with Crippen molar-refractivity contribution in [2.24, 2.45) is 0 Å². The first kappa shape index (κ1) is 16.6. The summed E-state index contributed by atoms with van der Waals surface area (Å²) in [4.78, 5) is 7.24. The van der Waals surface area contributed by atoms with Crippen LogP contribution in [0, 0.1) is 5.82 Å². The van der Waals surface area contributed by atoms with E-state index in [1.54, 1.807) is 16.8 Å². The van der Waals surface area contributed by atoms with Gasteiger partial charge in [0, 0.05) is 56.1 Å². The van der Waals surface area contributed by atoms with Crippen LogP contribution in [-0.2, 0) is 6.42 Å². The van der Waals surface area contributed by atoms with Crippen LogP contribution in [0.15, 0.2) is 36.7 Å². The van der Waals surface area contributed by atoms with E-state index < -0.39 is 0 Å². The van der Waals surface area contributed by atoms with Gasteiger partial charge in [-0.25, -0.2) is 13.9 Å². The predicted octanol–water partition coefficient (Wildman–Crippen LogP) is 2.17. The smallest absolute Gasteiger partial charge is 0.165 e. The Morgan fingerprint density at radius 3 is 3.00 bits per heavy atom. The van der Waals surface area contributed by atoms with Gasteiger partial charge in [0.2, 0.25) is 0 Å². The highest BCUT2D eigenvalue weighted by Gasteiger charge is 2.22. The van der Waals surface area contributed by atoms with Crippen molar-refractivity contribution in [1.82, 2.24) is 24.8 Å². The summed E-state index contributed by atoms with van der Waals surface area (Å²) in [6, 6.07) is 7.84. The van der Waals surface area contributed by atoms with Crippen LogP contribution in [0.25, 0.3) is 16.8 Å². The predicted molar refractivity (Wildman–Crippen MR) is 103 cm³/mol. The Labute approximate surface area is 157 Å². The number of aromatic nitrogens is 3. The van der Waals surface area contributed by atoms with E-state index in [-0.39, 0.29) is 5.82 Å². The SMILES string of the molecule is Fc1ccc2cc1-c1cnn3ccc(nc13)NCCN1CCNCC1CC2. The Kier molecular flexibility index (Phi) is 4.26. The minimum absolute atomic E-state index is 0.234. The highest BCUT2D eigenvalue weighted by atomic mass is 19.1. The fourth-order valence-electron chi connectivity index (χ4n) is 4.13. The molecule has 1 unspecified atom stereocenters. The summed E-state index contributed by atoms with van der Waals surface area (Å²) in [5.41, 5.74) is 3.13. The zero-order chi connectivity index (χ0) is 18.2. The number of fused-ring (bicyclic) bond motifs is 5. The number of halogens is 1. The van der Waals surface area contributed by atoms with Gasteiger partial charge in [0.25, 0.3) is 0 Å². The Balaban J connectivity index is 1.59. The fourth-order valence-corrected chi connectivity index (χ4v) is 4.13. The molecule has 0 amide bonds. The quantitative estimate of drug-likeness (QED) is 0.639. The number of hydrogen-bond acceptors (Lipinski definition) is 5. The molecular formula is C20H23FN6. The molecule has 0 spiro atoms. The second-order valence-electron chi connectivity index (χ2n) is 7.31. The van der Waals surface area contributed by atoms with Gasteiger partial charge in [-0.05, 0) is 36.6 Å². The lowest BCUT2D eigenvalue weighted by Gasteiger charge is -2.36. The number of anilines is 1. The number of aryl methyl sites for hydroxylation is 1. The Morgan fingerprint density at radius 2 is 2.04 bits per heavy atom. The highest BCUT2D eigenvalue weighted by molar-refractivity contribution is 5.78. The van der Waals surface area contributed by atoms with E-state index in [1.165, 1.54) is 0 Å². The van der Waals surface area contributed by atoms with Gasteiger partial charge in [0.05, 0.1) is 6.20 Å². The first-order valence-corrected chi connectivity index (χ1v) is 9.60. The highest BCUT2D eigenvalue weighted by Crippen LogP contribution is 2.28. The van der Waals surface area contributed by atoms with Gasteiger partial charge in [-0.15, -0.1) is 0 Å². The van der Waals surface area contributed by atoms with Crippen LogP contribution in [0.5, 0.6) is 0 Å². The lowest BCUT2D eigenvalue weighted by atomic mass is 9.99. The summed E-state index contributed by atoms with van der Waals surface area (Å²) in [5.74, 6) is 0.562. The van der Waals surface area contributed by atoms with Crippen molar-refractivity contribution in [3.8, 4) is 11.1 Å². The van der Waals surface area contributed by atoms with Crippen molar-refractivity contribution in [2.75, 3.05) is 38.0 Å². The van der Waals surface area contributed by atoms with E-state index in [0.29, 0.717) is 17.3 Å². The lowest BCUT2D eigenvalue weighted by molar-refractivity contribution is 0.159. The molecule has 0 aliphatic carbocycles. The second kappa shape index (κ2) is 6.90. The number of hydrogen-bond donors (Lipinski definition) is 2. The second-order valence-corrected chi connectivity index (χ2v) is 7.31. The van der Waals surface area contributed by atoms with Crippen molar-refractivity contribution in [3.05, 3.63) is 48.0 Å². The van der Waals surface area contributed by atoms with Gasteiger partial charge in [0.15, 0.2) is 5.65 Å². The van der Waals surface area contributed by atoms with Crippen LogP contribution in [0.1, 0.15) is 12.0 Å². The number of rotatable bonds is 0. The normalized spacial score (nSPS) is 20.9. The van der Waals surface area contributed by atoms with E-state index >= 15 is 0 Å². The van der Waals surface area contributed by atoms with Crippen LogP contribution in [0.4, 0.5) is 10.2 Å². The van der Waals surface area contributed by atoms with Crippen LogP contribution in [0.2, 0.25) is 0 Å². The summed E-state index contributed by atoms with van der Waals surface area (Å²) >= 11 is 0. The number of benzene rings is 1. The zero-order valence-electron chi connectivity index (χ0n) is 15.2. The maximum atomic E-state index is 14.6. The third-order valence-corrected chi connectivity index (χ3v) is 5.63. The molecule has 0 radical (unpaired) electrons. The van der Waals surface area contributed by atoms with E-state index in [0.717, 1.165) is 62.5 Å². The zero-order valence-corrected chi connectivity index (χ0v) is 15.2. The van der Waals surface area contributed by atoms with Gasteiger partial charge in [-0.2, -0.15) is 5.10 Å². The van der Waals surface area contributed by atoms with E-state index in [2.05, 4.69) is 20.6 Å². The molecule has 5 rings (SSSR count). The minimum Gasteiger partial charge on any atom is -0.369 e. The maximum Gasteiger partial charge on any atom is 0.165 e. The monoisotopic (exact) mass is 366 g/mol. The summed E-state index contributed by atoms with van der Waals surface area (Å²) in [6.07, 6.45) is 5.56. The molecule has 2 aromatic heterocycles. The largest absolute Gasteiger partial charge is 0.369 e. The van der Waals surface area contributed by atoms with Gasteiger partial charge >= 0.3 is 0 Å². The molecule has 2 aliphatic heterocycles. The molecule has 6 nitrogen and oxygen atoms in total. The molecule has 4 heterocycles. The summed E-state index contributed by atoms with van der Waals surface area (Å²) in [6.45, 7) is 4.91. The van der Waals surface area contributed by atoms with Gasteiger partial charge < -0.3 is 10.6 Å². The number of nitrogens with zero attached hydrogens (tertiary/aromatic N) is 4. The van der Waals surface area contributed by atoms with E-state index in [1.807, 2.05) is 24.4 Å². The number of nitrogens with one attached hydrogen (secondary N) is 2. The van der Waals surface area contributed by atoms with Crippen LogP contribution in [-0.4, -0.2) is 58.3 Å². The fraction of sp³-hybridized carbons (Fsp3) is 0.400. The molecule has 27 heavy (non-hydrogen) atoms. The lowest BCUT2D eigenvalue weighted by Crippen LogP contribution is -2.52. The molecule has 140 valence electrons. The Bertz CT molecular complexity index is 968. The molecule has 1 fully saturated rings. The molecule has 3 aromatic rings. The first-order valence-electron chi connectivity index (χ1n) is 9.60. The van der Waals surface area contributed by atoms with Crippen LogP contribution in [0.3, 0.4) is 0 Å². The van der Waals surface area contributed by atoms with Gasteiger partial charge in [0.1, 0.15) is 11.6 Å². The van der Waals surface area contributed by atoms with Gasteiger partial charge in [-0.3, -0.25) is 4.90 Å². The van der Waals surface area contributed by atoms with Crippen molar-refractivity contribution in [1.29, 1.82) is 0 Å². The third-order valence-electron chi connectivity index (χ3n) is 5.63. The van der Waals surface area contributed by atoms with E-state index in [9.17, 15) is 4.39 Å². The number of piperazine rings is 1. The third kappa shape index (κ3) is 3.17. The minimum atomic E-state index is -0.234. The molecular weight excluding hydrogens is 343 g/mol. The summed E-state index contributed by atoms with van der Waals surface area (Å²) in [7, 11) is 0. The standard InChI is InChI=1S/C20H23FN6/c21-18-4-2-14-1-3-15-12-22-6-9-26(15)10-7-23-19-5-8-27-20(25-19)17(13-24-27)16(18)11-14/h2,4-5,8,11,13,15,22H,1,3,6-7,9-10,12H2,(H,23,25). The molecule has 7 heteroatoms. The molecule has 2 aliphatic rings. The molecule has 1 atom stereocenters. The molecule has 1 saturated heterocycles. The Hall–Kier alpha value is -2.51. The van der Waals surface area contributed by atoms with Crippen molar-refractivity contribution < 1.29 is 4.39 Å². The van der Waals surface area contributed by atoms with Crippen molar-refractivity contribution in [3.63, 3.8) is 0 Å². The molecule has 0 saturated carbocycles. The molecule has 4 bridgehead atoms. The molecule has 2 N–H and O–H groups in total. The van der Waals surface area contributed by atoms with Crippen molar-refractivity contribution in [2.45, 2.75) is 18.9 Å². The van der Waals surface area contributed by atoms with Crippen LogP contribution >= 0.6 is 0 Å². The summed E-state index contributed by atoms with van der Waals surface area (Å²) in [5, 5.41) is 11.3. The Morgan fingerprint density at radius 1 is 1.11 bits per heavy atom. The van der Waals surface area contributed by atoms with E-state index in [4.69, 9.17) is 4.98 Å². The average Bonchev–Trinajstić information content (AvgIpc) is 3.11. The van der Waals surface area contributed by atoms with Gasteiger partial charge in [-0.1, -0.05) is 6.07 Å².